The van der Waals surface area contributed by atoms with Gasteiger partial charge in [0, 0.05) is 27.8 Å². The molecule has 10 rings (SSSR count). The van der Waals surface area contributed by atoms with Crippen LogP contribution in [-0.2, 0) is 5.41 Å². The van der Waals surface area contributed by atoms with Crippen molar-refractivity contribution in [2.75, 3.05) is 0 Å². The summed E-state index contributed by atoms with van der Waals surface area (Å²) in [4.78, 5) is 19.1. The predicted molar refractivity (Wildman–Crippen MR) is 205 cm³/mol. The zero-order valence-electron chi connectivity index (χ0n) is 27.9. The first-order valence-electron chi connectivity index (χ1n) is 17.2. The summed E-state index contributed by atoms with van der Waals surface area (Å²) in [5, 5.41) is 0. The zero-order valence-corrected chi connectivity index (χ0v) is 27.9. The smallest absolute Gasteiger partial charge is 0.187 e. The summed E-state index contributed by atoms with van der Waals surface area (Å²) >= 11 is 0. The van der Waals surface area contributed by atoms with Crippen molar-refractivity contribution in [3.8, 4) is 67.9 Å². The first-order chi connectivity index (χ1) is 25.7. The van der Waals surface area contributed by atoms with Gasteiger partial charge in [-0.05, 0) is 51.6 Å². The normalized spacial score (nSPS) is 12.9. The Bertz CT molecular complexity index is 2680. The fourth-order valence-corrected chi connectivity index (χ4v) is 8.00. The molecule has 2 heterocycles. The van der Waals surface area contributed by atoms with Crippen molar-refractivity contribution in [3.05, 3.63) is 204 Å². The lowest BCUT2D eigenvalue weighted by Gasteiger charge is -2.39. The van der Waals surface area contributed by atoms with Crippen molar-refractivity contribution >= 4 is 5.69 Å². The van der Waals surface area contributed by atoms with Crippen LogP contribution >= 0.6 is 0 Å². The Kier molecular flexibility index (Phi) is 6.70. The van der Waals surface area contributed by atoms with E-state index in [0.717, 1.165) is 61.6 Å². The molecular weight excluding hydrogens is 637 g/mol. The second kappa shape index (κ2) is 11.7. The van der Waals surface area contributed by atoms with Crippen LogP contribution in [0.15, 0.2) is 170 Å². The first-order valence-corrected chi connectivity index (χ1v) is 17.2. The lowest BCUT2D eigenvalue weighted by Crippen LogP contribution is -2.32. The molecule has 8 aromatic rings. The maximum atomic E-state index is 7.35. The van der Waals surface area contributed by atoms with Crippen LogP contribution in [0.2, 0.25) is 0 Å². The van der Waals surface area contributed by atoms with Gasteiger partial charge in [0.1, 0.15) is 11.5 Å². The van der Waals surface area contributed by atoms with Gasteiger partial charge in [0.2, 0.25) is 0 Å². The number of aromatic nitrogens is 3. The molecule has 2 aliphatic rings. The third-order valence-electron chi connectivity index (χ3n) is 10.2. The largest absolute Gasteiger partial charge is 0.457 e. The Labute approximate surface area is 301 Å². The van der Waals surface area contributed by atoms with Crippen LogP contribution in [0, 0.1) is 6.57 Å². The highest BCUT2D eigenvalue weighted by atomic mass is 16.5. The average Bonchev–Trinajstić information content (AvgIpc) is 3.52. The van der Waals surface area contributed by atoms with Crippen LogP contribution in [-0.4, -0.2) is 15.0 Å². The fourth-order valence-electron chi connectivity index (χ4n) is 8.00. The van der Waals surface area contributed by atoms with Crippen LogP contribution in [0.5, 0.6) is 11.5 Å². The second-order valence-electron chi connectivity index (χ2n) is 13.0. The van der Waals surface area contributed by atoms with Gasteiger partial charge in [-0.3, -0.25) is 0 Å². The van der Waals surface area contributed by atoms with Gasteiger partial charge >= 0.3 is 0 Å². The lowest BCUT2D eigenvalue weighted by molar-refractivity contribution is 0.436. The molecule has 0 radical (unpaired) electrons. The summed E-state index contributed by atoms with van der Waals surface area (Å²) in [7, 11) is 0. The third kappa shape index (κ3) is 4.45. The van der Waals surface area contributed by atoms with Gasteiger partial charge < -0.3 is 4.74 Å². The van der Waals surface area contributed by atoms with Crippen molar-refractivity contribution in [2.45, 2.75) is 5.41 Å². The molecule has 0 saturated heterocycles. The van der Waals surface area contributed by atoms with E-state index in [1.807, 2.05) is 78.9 Å². The van der Waals surface area contributed by atoms with Gasteiger partial charge in [-0.15, -0.1) is 0 Å². The van der Waals surface area contributed by atoms with Gasteiger partial charge in [0.05, 0.1) is 12.0 Å². The summed E-state index contributed by atoms with van der Waals surface area (Å²) in [6.07, 6.45) is 0. The number of hydrogen-bond acceptors (Lipinski definition) is 4. The molecule has 5 nitrogen and oxygen atoms in total. The average molecular weight is 665 g/mol. The molecule has 0 saturated carbocycles. The highest BCUT2D eigenvalue weighted by Gasteiger charge is 2.51. The number of benzene rings is 7. The fraction of sp³-hybridized carbons (Fsp3) is 0.0213. The summed E-state index contributed by atoms with van der Waals surface area (Å²) in [6.45, 7) is 7.35. The Morgan fingerprint density at radius 1 is 0.423 bits per heavy atom. The molecule has 0 fully saturated rings. The highest BCUT2D eigenvalue weighted by Crippen LogP contribution is 2.63. The highest BCUT2D eigenvalue weighted by molar-refractivity contribution is 5.95. The topological polar surface area (TPSA) is 52.3 Å². The maximum absolute atomic E-state index is 7.35. The van der Waals surface area contributed by atoms with E-state index in [1.165, 1.54) is 11.1 Å². The Morgan fingerprint density at radius 2 is 0.962 bits per heavy atom. The SMILES string of the molecule is [C-]#[N+]c1ccc(-c2cccc(-c3nc(-c4ccccc4)nc(-c4cccc5c4-c4ccccc4C54c5ccccc5Oc5ccccc54)n3)c2)cc1. The van der Waals surface area contributed by atoms with Crippen molar-refractivity contribution < 1.29 is 4.74 Å². The van der Waals surface area contributed by atoms with Crippen molar-refractivity contribution in [2.24, 2.45) is 0 Å². The Balaban J connectivity index is 1.22. The zero-order chi connectivity index (χ0) is 34.6. The van der Waals surface area contributed by atoms with E-state index in [4.69, 9.17) is 26.3 Å². The molecular formula is C47H28N4O. The third-order valence-corrected chi connectivity index (χ3v) is 10.2. The molecule has 1 aromatic heterocycles. The molecule has 1 aliphatic heterocycles. The molecule has 5 heteroatoms. The lowest BCUT2D eigenvalue weighted by atomic mass is 9.66. The molecule has 0 unspecified atom stereocenters. The van der Waals surface area contributed by atoms with Crippen LogP contribution < -0.4 is 4.74 Å². The van der Waals surface area contributed by atoms with Crippen molar-refractivity contribution in [1.29, 1.82) is 0 Å². The molecule has 0 bridgehead atoms. The van der Waals surface area contributed by atoms with Crippen molar-refractivity contribution in [1.82, 2.24) is 15.0 Å². The molecule has 0 N–H and O–H groups in total. The van der Waals surface area contributed by atoms with Crippen LogP contribution in [0.3, 0.4) is 0 Å². The van der Waals surface area contributed by atoms with Gasteiger partial charge in [0.15, 0.2) is 23.2 Å². The number of ether oxygens (including phenoxy) is 1. The standard InChI is InChI=1S/C47H28N4O/c1-48-34-27-25-30(26-28-34)32-15-11-16-33(29-32)45-49-44(31-13-3-2-4-14-31)50-46(51-45)36-18-12-22-40-43(36)35-17-5-6-19-37(35)47(40)38-20-7-9-23-41(38)52-42-24-10-8-21-39(42)47/h2-29H. The van der Waals surface area contributed by atoms with E-state index in [1.54, 1.807) is 0 Å². The van der Waals surface area contributed by atoms with Crippen LogP contribution in [0.4, 0.5) is 5.69 Å². The quantitative estimate of drug-likeness (QED) is 0.176. The van der Waals surface area contributed by atoms with E-state index in [-0.39, 0.29) is 0 Å². The van der Waals surface area contributed by atoms with Gasteiger partial charge in [-0.25, -0.2) is 19.8 Å². The molecule has 52 heavy (non-hydrogen) atoms. The van der Waals surface area contributed by atoms with Gasteiger partial charge in [0.25, 0.3) is 0 Å². The van der Waals surface area contributed by atoms with Crippen molar-refractivity contribution in [3.63, 3.8) is 0 Å². The van der Waals surface area contributed by atoms with E-state index in [9.17, 15) is 0 Å². The molecule has 242 valence electrons. The minimum atomic E-state index is -0.595. The monoisotopic (exact) mass is 664 g/mol. The maximum Gasteiger partial charge on any atom is 0.187 e. The van der Waals surface area contributed by atoms with Crippen LogP contribution in [0.1, 0.15) is 22.3 Å². The second-order valence-corrected chi connectivity index (χ2v) is 13.0. The summed E-state index contributed by atoms with van der Waals surface area (Å²) in [5.74, 6) is 3.50. The van der Waals surface area contributed by atoms with E-state index in [0.29, 0.717) is 23.2 Å². The summed E-state index contributed by atoms with van der Waals surface area (Å²) in [5.41, 5.74) is 11.6. The van der Waals surface area contributed by atoms with Gasteiger partial charge in [-0.2, -0.15) is 0 Å². The Morgan fingerprint density at radius 3 is 1.69 bits per heavy atom. The molecule has 0 amide bonds. The summed E-state index contributed by atoms with van der Waals surface area (Å²) < 4.78 is 6.55. The minimum Gasteiger partial charge on any atom is -0.457 e. The molecule has 7 aromatic carbocycles. The predicted octanol–water partition coefficient (Wildman–Crippen LogP) is 11.6. The minimum absolute atomic E-state index is 0.587. The number of hydrogen-bond donors (Lipinski definition) is 0. The Hall–Kier alpha value is -7.16. The van der Waals surface area contributed by atoms with Gasteiger partial charge in [-0.1, -0.05) is 152 Å². The van der Waals surface area contributed by atoms with E-state index >= 15 is 0 Å². The first kappa shape index (κ1) is 29.7. The molecule has 1 spiro atoms. The molecule has 1 aliphatic carbocycles. The number of fused-ring (bicyclic) bond motifs is 9. The van der Waals surface area contributed by atoms with E-state index in [2.05, 4.69) is 95.8 Å². The van der Waals surface area contributed by atoms with E-state index < -0.39 is 5.41 Å². The summed E-state index contributed by atoms with van der Waals surface area (Å²) in [6, 6.07) is 58.0. The van der Waals surface area contributed by atoms with Crippen LogP contribution in [0.25, 0.3) is 61.3 Å². The number of nitrogens with zero attached hydrogens (tertiary/aromatic N) is 4. The number of rotatable bonds is 4. The molecule has 0 atom stereocenters. The number of para-hydroxylation sites is 2.